The monoisotopic (exact) mass is 408 g/mol. The summed E-state index contributed by atoms with van der Waals surface area (Å²) < 4.78 is 31.5. The van der Waals surface area contributed by atoms with Gasteiger partial charge < -0.3 is 14.5 Å². The molecule has 2 amide bonds. The lowest BCUT2D eigenvalue weighted by Crippen LogP contribution is -2.51. The number of likely N-dealkylation sites (tertiary alicyclic amines) is 1. The molecule has 0 spiro atoms. The molecule has 3 unspecified atom stereocenters. The number of hydrogen-bond donors (Lipinski definition) is 0. The fourth-order valence-electron chi connectivity index (χ4n) is 4.87. The van der Waals surface area contributed by atoms with Crippen molar-refractivity contribution in [3.8, 4) is 5.75 Å². The summed E-state index contributed by atoms with van der Waals surface area (Å²) in [6.45, 7) is 1.54. The van der Waals surface area contributed by atoms with Crippen molar-refractivity contribution in [3.63, 3.8) is 0 Å². The Kier molecular flexibility index (Phi) is 7.09. The molecule has 0 aromatic heterocycles. The van der Waals surface area contributed by atoms with Crippen LogP contribution in [0.5, 0.6) is 5.75 Å². The van der Waals surface area contributed by atoms with Crippen molar-refractivity contribution >= 4 is 11.8 Å². The number of halogens is 2. The largest absolute Gasteiger partial charge is 0.496 e. The van der Waals surface area contributed by atoms with Gasteiger partial charge in [-0.2, -0.15) is 0 Å². The van der Waals surface area contributed by atoms with Crippen LogP contribution in [0, 0.1) is 5.92 Å². The first-order chi connectivity index (χ1) is 14.0. The molecule has 29 heavy (non-hydrogen) atoms. The third-order valence-corrected chi connectivity index (χ3v) is 6.11. The van der Waals surface area contributed by atoms with Crippen molar-refractivity contribution in [2.45, 2.75) is 64.0 Å². The quantitative estimate of drug-likeness (QED) is 0.686. The number of ether oxygens (including phenoxy) is 1. The van der Waals surface area contributed by atoms with Gasteiger partial charge in [-0.1, -0.05) is 31.9 Å². The average molecular weight is 408 g/mol. The Morgan fingerprint density at radius 2 is 1.97 bits per heavy atom. The Morgan fingerprint density at radius 1 is 1.24 bits per heavy atom. The summed E-state index contributed by atoms with van der Waals surface area (Å²) in [5.41, 5.74) is 0.412. The Balaban J connectivity index is 1.93. The minimum atomic E-state index is -2.59. The maximum atomic E-state index is 13.5. The number of fused-ring (bicyclic) bond motifs is 1. The summed E-state index contributed by atoms with van der Waals surface area (Å²) in [4.78, 5) is 29.7. The summed E-state index contributed by atoms with van der Waals surface area (Å²) >= 11 is 0. The molecule has 1 aromatic carbocycles. The molecule has 1 saturated carbocycles. The van der Waals surface area contributed by atoms with Crippen LogP contribution in [0.2, 0.25) is 0 Å². The highest BCUT2D eigenvalue weighted by Gasteiger charge is 2.49. The third-order valence-electron chi connectivity index (χ3n) is 6.11. The Bertz CT molecular complexity index is 728. The average Bonchev–Trinajstić information content (AvgIpc) is 3.11. The first-order valence-corrected chi connectivity index (χ1v) is 10.5. The normalized spacial score (nSPS) is 23.8. The molecular weight excluding hydrogens is 378 g/mol. The topological polar surface area (TPSA) is 49.9 Å². The molecule has 1 saturated heterocycles. The van der Waals surface area contributed by atoms with Crippen LogP contribution in [-0.2, 0) is 4.79 Å². The predicted octanol–water partition coefficient (Wildman–Crippen LogP) is 3.97. The zero-order valence-electron chi connectivity index (χ0n) is 17.2. The van der Waals surface area contributed by atoms with E-state index in [-0.39, 0.29) is 30.3 Å². The van der Waals surface area contributed by atoms with Crippen molar-refractivity contribution in [1.82, 2.24) is 9.80 Å². The number of methoxy groups -OCH3 is 1. The molecule has 2 aliphatic rings. The van der Waals surface area contributed by atoms with Gasteiger partial charge in [0.15, 0.2) is 0 Å². The summed E-state index contributed by atoms with van der Waals surface area (Å²) in [6, 6.07) is 6.26. The predicted molar refractivity (Wildman–Crippen MR) is 106 cm³/mol. The second kappa shape index (κ2) is 9.55. The van der Waals surface area contributed by atoms with Gasteiger partial charge in [-0.15, -0.1) is 0 Å². The van der Waals surface area contributed by atoms with Crippen molar-refractivity contribution in [3.05, 3.63) is 29.8 Å². The fraction of sp³-hybridized carbons (Fsp3) is 0.636. The first kappa shape index (κ1) is 21.5. The Labute approximate surface area is 171 Å². The molecule has 1 aliphatic heterocycles. The number of alkyl halides is 2. The van der Waals surface area contributed by atoms with Gasteiger partial charge in [0.05, 0.1) is 19.2 Å². The van der Waals surface area contributed by atoms with E-state index >= 15 is 0 Å². The number of carbonyl (C=O) groups excluding carboxylic acids is 2. The number of benzene rings is 1. The van der Waals surface area contributed by atoms with Crippen molar-refractivity contribution in [1.29, 1.82) is 0 Å². The van der Waals surface area contributed by atoms with E-state index in [2.05, 4.69) is 0 Å². The lowest BCUT2D eigenvalue weighted by Gasteiger charge is -2.35. The highest BCUT2D eigenvalue weighted by atomic mass is 19.3. The van der Waals surface area contributed by atoms with E-state index in [0.717, 1.165) is 25.7 Å². The second-order valence-electron chi connectivity index (χ2n) is 7.95. The van der Waals surface area contributed by atoms with Crippen LogP contribution < -0.4 is 4.74 Å². The molecule has 1 heterocycles. The minimum Gasteiger partial charge on any atom is -0.496 e. The van der Waals surface area contributed by atoms with E-state index in [9.17, 15) is 18.4 Å². The lowest BCUT2D eigenvalue weighted by molar-refractivity contribution is -0.137. The fourth-order valence-corrected chi connectivity index (χ4v) is 4.87. The number of para-hydroxylation sites is 1. The molecule has 0 N–H and O–H groups in total. The van der Waals surface area contributed by atoms with Crippen LogP contribution in [0.3, 0.4) is 0 Å². The molecule has 0 bridgehead atoms. The molecule has 1 aromatic rings. The zero-order chi connectivity index (χ0) is 21.0. The van der Waals surface area contributed by atoms with E-state index in [0.29, 0.717) is 24.2 Å². The number of nitrogens with zero attached hydrogens (tertiary/aromatic N) is 2. The molecule has 1 aliphatic carbocycles. The minimum absolute atomic E-state index is 0.0230. The summed E-state index contributed by atoms with van der Waals surface area (Å²) in [6.07, 6.45) is 2.45. The van der Waals surface area contributed by atoms with Gasteiger partial charge in [-0.3, -0.25) is 9.59 Å². The summed E-state index contributed by atoms with van der Waals surface area (Å²) in [7, 11) is 1.51. The van der Waals surface area contributed by atoms with Crippen LogP contribution in [-0.4, -0.2) is 60.3 Å². The van der Waals surface area contributed by atoms with Gasteiger partial charge in [0.1, 0.15) is 11.8 Å². The molecule has 7 heteroatoms. The highest BCUT2D eigenvalue weighted by Crippen LogP contribution is 2.41. The van der Waals surface area contributed by atoms with Crippen molar-refractivity contribution in [2.24, 2.45) is 5.92 Å². The standard InChI is InChI=1S/C22H30F2N2O3/c1-3-12-25(14-20(23)24)22(28)18-13-15-8-4-6-10-17(15)26(18)21(27)16-9-5-7-11-19(16)29-2/h5,7,9,11,15,17-18,20H,3-4,6,8,10,12-14H2,1-2H3. The van der Waals surface area contributed by atoms with E-state index in [1.807, 2.05) is 6.92 Å². The van der Waals surface area contributed by atoms with Gasteiger partial charge in [0, 0.05) is 12.6 Å². The third kappa shape index (κ3) is 4.54. The molecule has 3 atom stereocenters. The smallest absolute Gasteiger partial charge is 0.258 e. The molecular formula is C22H30F2N2O3. The maximum Gasteiger partial charge on any atom is 0.258 e. The van der Waals surface area contributed by atoms with E-state index in [4.69, 9.17) is 4.74 Å². The summed E-state index contributed by atoms with van der Waals surface area (Å²) in [5, 5.41) is 0. The number of carbonyl (C=O) groups is 2. The van der Waals surface area contributed by atoms with Gasteiger partial charge in [-0.25, -0.2) is 8.78 Å². The van der Waals surface area contributed by atoms with Crippen LogP contribution >= 0.6 is 0 Å². The van der Waals surface area contributed by atoms with Crippen LogP contribution in [0.15, 0.2) is 24.3 Å². The molecule has 2 fully saturated rings. The van der Waals surface area contributed by atoms with E-state index in [1.54, 1.807) is 29.2 Å². The lowest BCUT2D eigenvalue weighted by atomic mass is 9.84. The van der Waals surface area contributed by atoms with Gasteiger partial charge in [0.25, 0.3) is 12.3 Å². The maximum absolute atomic E-state index is 13.5. The first-order valence-electron chi connectivity index (χ1n) is 10.5. The highest BCUT2D eigenvalue weighted by molar-refractivity contribution is 6.00. The van der Waals surface area contributed by atoms with Crippen molar-refractivity contribution in [2.75, 3.05) is 20.2 Å². The molecule has 5 nitrogen and oxygen atoms in total. The Hall–Kier alpha value is -2.18. The Morgan fingerprint density at radius 3 is 2.66 bits per heavy atom. The van der Waals surface area contributed by atoms with Gasteiger partial charge >= 0.3 is 0 Å². The zero-order valence-corrected chi connectivity index (χ0v) is 17.2. The summed E-state index contributed by atoms with van der Waals surface area (Å²) in [5.74, 6) is 0.0980. The van der Waals surface area contributed by atoms with Crippen LogP contribution in [0.1, 0.15) is 55.8 Å². The molecule has 160 valence electrons. The van der Waals surface area contributed by atoms with E-state index in [1.165, 1.54) is 12.0 Å². The molecule has 0 radical (unpaired) electrons. The molecule has 3 rings (SSSR count). The van der Waals surface area contributed by atoms with Crippen LogP contribution in [0.25, 0.3) is 0 Å². The van der Waals surface area contributed by atoms with Crippen molar-refractivity contribution < 1.29 is 23.1 Å². The number of amides is 2. The number of rotatable bonds is 7. The van der Waals surface area contributed by atoms with E-state index < -0.39 is 19.0 Å². The second-order valence-corrected chi connectivity index (χ2v) is 7.95. The van der Waals surface area contributed by atoms with Gasteiger partial charge in [0.2, 0.25) is 5.91 Å². The SMILES string of the molecule is CCCN(CC(F)F)C(=O)C1CC2CCCCC2N1C(=O)c1ccccc1OC. The van der Waals surface area contributed by atoms with Gasteiger partial charge in [-0.05, 0) is 43.7 Å². The van der Waals surface area contributed by atoms with Crippen LogP contribution in [0.4, 0.5) is 8.78 Å². The number of hydrogen-bond acceptors (Lipinski definition) is 3.